The molecule has 0 radical (unpaired) electrons. The summed E-state index contributed by atoms with van der Waals surface area (Å²) >= 11 is 0. The highest BCUT2D eigenvalue weighted by atomic mass is 19.1. The van der Waals surface area contributed by atoms with Gasteiger partial charge in [-0.3, -0.25) is 14.2 Å². The SMILES string of the molecule is COc1ccc(Cn2cnc(C(N)=O)cc2=O)cc1F. The molecule has 0 aliphatic carbocycles. The summed E-state index contributed by atoms with van der Waals surface area (Å²) in [5.41, 5.74) is 5.05. The highest BCUT2D eigenvalue weighted by Gasteiger charge is 2.07. The Hall–Kier alpha value is -2.70. The van der Waals surface area contributed by atoms with Gasteiger partial charge in [-0.2, -0.15) is 0 Å². The lowest BCUT2D eigenvalue weighted by atomic mass is 10.2. The number of hydrogen-bond acceptors (Lipinski definition) is 4. The van der Waals surface area contributed by atoms with Crippen molar-refractivity contribution in [1.29, 1.82) is 0 Å². The smallest absolute Gasteiger partial charge is 0.267 e. The first-order valence-electron chi connectivity index (χ1n) is 5.70. The summed E-state index contributed by atoms with van der Waals surface area (Å²) in [5.74, 6) is -1.16. The Kier molecular flexibility index (Phi) is 3.79. The largest absolute Gasteiger partial charge is 0.494 e. The summed E-state index contributed by atoms with van der Waals surface area (Å²) in [4.78, 5) is 26.4. The van der Waals surface area contributed by atoms with Crippen LogP contribution in [0, 0.1) is 5.82 Å². The van der Waals surface area contributed by atoms with Crippen LogP contribution in [0.3, 0.4) is 0 Å². The third-order valence-corrected chi connectivity index (χ3v) is 2.70. The number of hydrogen-bond donors (Lipinski definition) is 1. The van der Waals surface area contributed by atoms with Crippen LogP contribution in [0.25, 0.3) is 0 Å². The van der Waals surface area contributed by atoms with Gasteiger partial charge in [0.1, 0.15) is 5.69 Å². The Labute approximate surface area is 113 Å². The minimum Gasteiger partial charge on any atom is -0.494 e. The minimum absolute atomic E-state index is 0.104. The number of nitrogens with two attached hydrogens (primary N) is 1. The molecular weight excluding hydrogens is 265 g/mol. The van der Waals surface area contributed by atoms with E-state index in [0.717, 1.165) is 6.07 Å². The molecule has 0 spiro atoms. The number of carbonyl (C=O) groups is 1. The average molecular weight is 277 g/mol. The van der Waals surface area contributed by atoms with Crippen molar-refractivity contribution < 1.29 is 13.9 Å². The normalized spacial score (nSPS) is 10.3. The molecule has 1 amide bonds. The lowest BCUT2D eigenvalue weighted by molar-refractivity contribution is 0.0995. The molecule has 0 saturated carbocycles. The number of nitrogens with zero attached hydrogens (tertiary/aromatic N) is 2. The van der Waals surface area contributed by atoms with Crippen LogP contribution in [-0.4, -0.2) is 22.6 Å². The molecule has 0 saturated heterocycles. The van der Waals surface area contributed by atoms with Crippen molar-refractivity contribution in [2.24, 2.45) is 5.73 Å². The van der Waals surface area contributed by atoms with Gasteiger partial charge < -0.3 is 10.5 Å². The van der Waals surface area contributed by atoms with Crippen LogP contribution < -0.4 is 16.0 Å². The lowest BCUT2D eigenvalue weighted by Crippen LogP contribution is -2.24. The average Bonchev–Trinajstić information content (AvgIpc) is 2.41. The summed E-state index contributed by atoms with van der Waals surface area (Å²) in [6.45, 7) is 0.131. The van der Waals surface area contributed by atoms with Gasteiger partial charge in [0.05, 0.1) is 20.0 Å². The maximum Gasteiger partial charge on any atom is 0.267 e. The number of amides is 1. The molecule has 1 aromatic carbocycles. The van der Waals surface area contributed by atoms with E-state index in [0.29, 0.717) is 5.56 Å². The zero-order valence-electron chi connectivity index (χ0n) is 10.7. The molecule has 0 atom stereocenters. The van der Waals surface area contributed by atoms with Crippen molar-refractivity contribution >= 4 is 5.91 Å². The molecule has 104 valence electrons. The highest BCUT2D eigenvalue weighted by Crippen LogP contribution is 2.17. The van der Waals surface area contributed by atoms with E-state index >= 15 is 0 Å². The first-order chi connectivity index (χ1) is 9.51. The molecule has 1 aromatic heterocycles. The van der Waals surface area contributed by atoms with Crippen LogP contribution in [0.1, 0.15) is 16.1 Å². The van der Waals surface area contributed by atoms with E-state index in [1.807, 2.05) is 0 Å². The quantitative estimate of drug-likeness (QED) is 0.883. The third kappa shape index (κ3) is 2.82. The number of benzene rings is 1. The standard InChI is InChI=1S/C13H12FN3O3/c1-20-11-3-2-8(4-9(11)14)6-17-7-16-10(13(15)19)5-12(17)18/h2-5,7H,6H2,1H3,(H2,15,19). The van der Waals surface area contributed by atoms with E-state index in [-0.39, 0.29) is 18.0 Å². The van der Waals surface area contributed by atoms with Crippen LogP contribution in [-0.2, 0) is 6.54 Å². The molecule has 0 unspecified atom stereocenters. The summed E-state index contributed by atoms with van der Waals surface area (Å²) in [6.07, 6.45) is 1.20. The van der Waals surface area contributed by atoms with Crippen molar-refractivity contribution in [1.82, 2.24) is 9.55 Å². The molecule has 0 aliphatic heterocycles. The van der Waals surface area contributed by atoms with E-state index in [1.165, 1.54) is 30.1 Å². The summed E-state index contributed by atoms with van der Waals surface area (Å²) in [5, 5.41) is 0. The zero-order valence-corrected chi connectivity index (χ0v) is 10.7. The van der Waals surface area contributed by atoms with Gasteiger partial charge in [0.25, 0.3) is 11.5 Å². The minimum atomic E-state index is -0.773. The molecule has 6 nitrogen and oxygen atoms in total. The van der Waals surface area contributed by atoms with Gasteiger partial charge in [0.15, 0.2) is 11.6 Å². The van der Waals surface area contributed by atoms with Gasteiger partial charge >= 0.3 is 0 Å². The number of aromatic nitrogens is 2. The van der Waals surface area contributed by atoms with Crippen LogP contribution >= 0.6 is 0 Å². The van der Waals surface area contributed by atoms with Gasteiger partial charge in [0, 0.05) is 6.07 Å². The van der Waals surface area contributed by atoms with Gasteiger partial charge in [-0.15, -0.1) is 0 Å². The Bertz CT molecular complexity index is 712. The number of rotatable bonds is 4. The number of halogens is 1. The highest BCUT2D eigenvalue weighted by molar-refractivity contribution is 5.90. The second-order valence-electron chi connectivity index (χ2n) is 4.07. The fraction of sp³-hybridized carbons (Fsp3) is 0.154. The molecule has 7 heteroatoms. The van der Waals surface area contributed by atoms with Crippen LogP contribution in [0.2, 0.25) is 0 Å². The molecule has 20 heavy (non-hydrogen) atoms. The van der Waals surface area contributed by atoms with Crippen LogP contribution in [0.15, 0.2) is 35.4 Å². The predicted molar refractivity (Wildman–Crippen MR) is 69.1 cm³/mol. The predicted octanol–water partition coefficient (Wildman–Crippen LogP) is 0.538. The van der Waals surface area contributed by atoms with E-state index < -0.39 is 17.3 Å². The molecule has 2 rings (SSSR count). The summed E-state index contributed by atoms with van der Waals surface area (Å²) in [7, 11) is 1.37. The number of ether oxygens (including phenoxy) is 1. The van der Waals surface area contributed by atoms with Crippen molar-refractivity contribution in [3.63, 3.8) is 0 Å². The third-order valence-electron chi connectivity index (χ3n) is 2.70. The van der Waals surface area contributed by atoms with Crippen LogP contribution in [0.4, 0.5) is 4.39 Å². The van der Waals surface area contributed by atoms with Gasteiger partial charge in [0.2, 0.25) is 0 Å². The maximum atomic E-state index is 13.5. The molecular formula is C13H12FN3O3. The molecule has 0 fully saturated rings. The van der Waals surface area contributed by atoms with Gasteiger partial charge in [-0.25, -0.2) is 9.37 Å². The van der Waals surface area contributed by atoms with Crippen LogP contribution in [0.5, 0.6) is 5.75 Å². The van der Waals surface area contributed by atoms with Crippen molar-refractivity contribution in [3.05, 3.63) is 58.0 Å². The molecule has 2 N–H and O–H groups in total. The topological polar surface area (TPSA) is 87.2 Å². The molecule has 0 aliphatic rings. The Morgan fingerprint density at radius 1 is 1.45 bits per heavy atom. The molecule has 1 heterocycles. The van der Waals surface area contributed by atoms with Crippen molar-refractivity contribution in [2.45, 2.75) is 6.54 Å². The van der Waals surface area contributed by atoms with E-state index in [2.05, 4.69) is 4.98 Å². The first-order valence-corrected chi connectivity index (χ1v) is 5.70. The Balaban J connectivity index is 2.28. The molecule has 2 aromatic rings. The first kappa shape index (κ1) is 13.7. The second-order valence-corrected chi connectivity index (χ2v) is 4.07. The summed E-state index contributed by atoms with van der Waals surface area (Å²) < 4.78 is 19.6. The number of carbonyl (C=O) groups excluding carboxylic acids is 1. The summed E-state index contributed by atoms with van der Waals surface area (Å²) in [6, 6.07) is 5.42. The number of methoxy groups -OCH3 is 1. The van der Waals surface area contributed by atoms with E-state index in [1.54, 1.807) is 6.07 Å². The maximum absolute atomic E-state index is 13.5. The van der Waals surface area contributed by atoms with Crippen molar-refractivity contribution in [3.8, 4) is 5.75 Å². The van der Waals surface area contributed by atoms with E-state index in [4.69, 9.17) is 10.5 Å². The second kappa shape index (κ2) is 5.52. The fourth-order valence-corrected chi connectivity index (χ4v) is 1.68. The number of primary amides is 1. The van der Waals surface area contributed by atoms with Gasteiger partial charge in [-0.1, -0.05) is 6.07 Å². The Morgan fingerprint density at radius 2 is 2.20 bits per heavy atom. The zero-order chi connectivity index (χ0) is 14.7. The van der Waals surface area contributed by atoms with Crippen molar-refractivity contribution in [2.75, 3.05) is 7.11 Å². The lowest BCUT2D eigenvalue weighted by Gasteiger charge is -2.07. The monoisotopic (exact) mass is 277 g/mol. The van der Waals surface area contributed by atoms with Gasteiger partial charge in [-0.05, 0) is 17.7 Å². The van der Waals surface area contributed by atoms with E-state index in [9.17, 15) is 14.0 Å². The fourth-order valence-electron chi connectivity index (χ4n) is 1.68. The Morgan fingerprint density at radius 3 is 2.75 bits per heavy atom. The molecule has 0 bridgehead atoms.